The molecule has 3 unspecified atom stereocenters. The number of hydrogen-bond acceptors (Lipinski definition) is 4. The number of aromatic nitrogens is 3. The third-order valence-corrected chi connectivity index (χ3v) is 4.65. The van der Waals surface area contributed by atoms with Crippen molar-refractivity contribution < 1.29 is 9.90 Å². The second-order valence-corrected chi connectivity index (χ2v) is 6.01. The van der Waals surface area contributed by atoms with E-state index in [9.17, 15) is 9.90 Å². The fourth-order valence-corrected chi connectivity index (χ4v) is 3.31. The van der Waals surface area contributed by atoms with Gasteiger partial charge in [0, 0.05) is 24.8 Å². The van der Waals surface area contributed by atoms with Gasteiger partial charge in [0.1, 0.15) is 0 Å². The number of carbonyl (C=O) groups excluding carboxylic acids is 1. The van der Waals surface area contributed by atoms with E-state index < -0.39 is 0 Å². The number of fused-ring (bicyclic) bond motifs is 1. The van der Waals surface area contributed by atoms with Crippen molar-refractivity contribution in [2.24, 2.45) is 11.8 Å². The molecule has 0 spiro atoms. The molecule has 20 heavy (non-hydrogen) atoms. The number of aliphatic hydroxyl groups excluding tert-OH is 1. The monoisotopic (exact) mass is 278 g/mol. The van der Waals surface area contributed by atoms with Crippen LogP contribution in [0.1, 0.15) is 43.5 Å². The van der Waals surface area contributed by atoms with Crippen LogP contribution in [-0.4, -0.2) is 39.1 Å². The van der Waals surface area contributed by atoms with Crippen LogP contribution in [-0.2, 0) is 17.6 Å². The van der Waals surface area contributed by atoms with E-state index in [2.05, 4.69) is 20.7 Å². The minimum absolute atomic E-state index is 0.00617. The Bertz CT molecular complexity index is 473. The predicted octanol–water partition coefficient (Wildman–Crippen LogP) is 0.577. The maximum Gasteiger partial charge on any atom is 0.223 e. The zero-order valence-corrected chi connectivity index (χ0v) is 11.6. The second kappa shape index (κ2) is 5.91. The molecule has 1 aromatic rings. The molecule has 0 aromatic carbocycles. The summed E-state index contributed by atoms with van der Waals surface area (Å²) in [5, 5.41) is 23.7. The Hall–Kier alpha value is -1.43. The summed E-state index contributed by atoms with van der Waals surface area (Å²) in [7, 11) is 0. The zero-order valence-electron chi connectivity index (χ0n) is 11.6. The summed E-state index contributed by atoms with van der Waals surface area (Å²) in [4.78, 5) is 12.2. The fourth-order valence-electron chi connectivity index (χ4n) is 3.31. The van der Waals surface area contributed by atoms with Gasteiger partial charge in [0.15, 0.2) is 0 Å². The van der Waals surface area contributed by atoms with Gasteiger partial charge in [-0.3, -0.25) is 4.79 Å². The largest absolute Gasteiger partial charge is 0.393 e. The molecule has 2 aliphatic carbocycles. The second-order valence-electron chi connectivity index (χ2n) is 6.01. The van der Waals surface area contributed by atoms with Gasteiger partial charge in [0.05, 0.1) is 17.5 Å². The summed E-state index contributed by atoms with van der Waals surface area (Å²) in [6.45, 7) is 0.599. The average molecular weight is 278 g/mol. The summed E-state index contributed by atoms with van der Waals surface area (Å²) in [6, 6.07) is 0. The number of hydrogen-bond donors (Lipinski definition) is 3. The van der Waals surface area contributed by atoms with Gasteiger partial charge < -0.3 is 10.4 Å². The van der Waals surface area contributed by atoms with Crippen molar-refractivity contribution in [1.82, 2.24) is 20.7 Å². The topological polar surface area (TPSA) is 90.9 Å². The van der Waals surface area contributed by atoms with E-state index in [0.717, 1.165) is 49.9 Å². The van der Waals surface area contributed by atoms with Crippen molar-refractivity contribution in [3.63, 3.8) is 0 Å². The highest BCUT2D eigenvalue weighted by Crippen LogP contribution is 2.25. The molecule has 3 atom stereocenters. The molecule has 6 heteroatoms. The lowest BCUT2D eigenvalue weighted by Crippen LogP contribution is -2.40. The molecular formula is C14H22N4O2. The van der Waals surface area contributed by atoms with Crippen LogP contribution in [0.5, 0.6) is 0 Å². The molecule has 1 fully saturated rings. The van der Waals surface area contributed by atoms with E-state index in [1.165, 1.54) is 0 Å². The van der Waals surface area contributed by atoms with Crippen LogP contribution in [0.3, 0.4) is 0 Å². The first kappa shape index (κ1) is 13.5. The molecule has 1 aromatic heterocycles. The standard InChI is InChI=1S/C14H22N4O2/c19-13-4-2-1-3-10(13)8-15-14(20)9-5-6-11-12(7-9)17-18-16-11/h9-10,13,19H,1-8H2,(H,15,20)(H,16,17,18). The Morgan fingerprint density at radius 2 is 2.05 bits per heavy atom. The molecule has 1 heterocycles. The molecule has 6 nitrogen and oxygen atoms in total. The number of aromatic amines is 1. The number of carbonyl (C=O) groups is 1. The molecule has 0 aliphatic heterocycles. The van der Waals surface area contributed by atoms with Gasteiger partial charge in [-0.05, 0) is 25.7 Å². The first-order valence-electron chi connectivity index (χ1n) is 7.58. The molecule has 1 amide bonds. The van der Waals surface area contributed by atoms with Crippen molar-refractivity contribution in [2.45, 2.75) is 51.0 Å². The van der Waals surface area contributed by atoms with Crippen LogP contribution in [0, 0.1) is 11.8 Å². The number of aryl methyl sites for hydroxylation is 1. The molecule has 1 saturated carbocycles. The number of aliphatic hydroxyl groups is 1. The van der Waals surface area contributed by atoms with E-state index in [1.807, 2.05) is 0 Å². The molecule has 0 radical (unpaired) electrons. The number of rotatable bonds is 3. The lowest BCUT2D eigenvalue weighted by molar-refractivity contribution is -0.125. The van der Waals surface area contributed by atoms with E-state index in [4.69, 9.17) is 0 Å². The molecule has 110 valence electrons. The minimum atomic E-state index is -0.252. The predicted molar refractivity (Wildman–Crippen MR) is 72.9 cm³/mol. The Morgan fingerprint density at radius 3 is 2.90 bits per heavy atom. The van der Waals surface area contributed by atoms with Crippen LogP contribution >= 0.6 is 0 Å². The third kappa shape index (κ3) is 2.85. The minimum Gasteiger partial charge on any atom is -0.393 e. The zero-order chi connectivity index (χ0) is 13.9. The van der Waals surface area contributed by atoms with Crippen molar-refractivity contribution in [2.75, 3.05) is 6.54 Å². The van der Waals surface area contributed by atoms with Gasteiger partial charge in [-0.25, -0.2) is 0 Å². The summed E-state index contributed by atoms with van der Waals surface area (Å²) in [6.07, 6.45) is 6.20. The normalized spacial score (nSPS) is 29.8. The number of amides is 1. The molecule has 2 aliphatic rings. The molecule has 3 rings (SSSR count). The molecular weight excluding hydrogens is 256 g/mol. The van der Waals surface area contributed by atoms with Crippen molar-refractivity contribution in [3.05, 3.63) is 11.4 Å². The molecule has 0 saturated heterocycles. The van der Waals surface area contributed by atoms with Gasteiger partial charge >= 0.3 is 0 Å². The number of nitrogens with one attached hydrogen (secondary N) is 2. The highest BCUT2D eigenvalue weighted by molar-refractivity contribution is 5.79. The van der Waals surface area contributed by atoms with Gasteiger partial charge in [0.25, 0.3) is 0 Å². The van der Waals surface area contributed by atoms with E-state index in [-0.39, 0.29) is 23.8 Å². The van der Waals surface area contributed by atoms with Crippen molar-refractivity contribution in [1.29, 1.82) is 0 Å². The third-order valence-electron chi connectivity index (χ3n) is 4.65. The first-order chi connectivity index (χ1) is 9.74. The first-order valence-corrected chi connectivity index (χ1v) is 7.58. The van der Waals surface area contributed by atoms with Gasteiger partial charge in [-0.2, -0.15) is 15.4 Å². The number of H-pyrrole nitrogens is 1. The van der Waals surface area contributed by atoms with Gasteiger partial charge in [0.2, 0.25) is 5.91 Å². The van der Waals surface area contributed by atoms with E-state index in [0.29, 0.717) is 13.0 Å². The van der Waals surface area contributed by atoms with Crippen molar-refractivity contribution in [3.8, 4) is 0 Å². The summed E-state index contributed by atoms with van der Waals surface area (Å²) < 4.78 is 0. The van der Waals surface area contributed by atoms with Crippen LogP contribution in [0.2, 0.25) is 0 Å². The average Bonchev–Trinajstić information content (AvgIpc) is 2.93. The Balaban J connectivity index is 1.50. The molecule has 0 bridgehead atoms. The molecule has 3 N–H and O–H groups in total. The summed E-state index contributed by atoms with van der Waals surface area (Å²) in [5.74, 6) is 0.309. The van der Waals surface area contributed by atoms with E-state index in [1.54, 1.807) is 0 Å². The lowest BCUT2D eigenvalue weighted by Gasteiger charge is -2.28. The number of nitrogens with zero attached hydrogens (tertiary/aromatic N) is 2. The Morgan fingerprint density at radius 1 is 1.25 bits per heavy atom. The highest BCUT2D eigenvalue weighted by atomic mass is 16.3. The van der Waals surface area contributed by atoms with Crippen LogP contribution in [0.4, 0.5) is 0 Å². The smallest absolute Gasteiger partial charge is 0.223 e. The maximum atomic E-state index is 12.2. The van der Waals surface area contributed by atoms with Crippen molar-refractivity contribution >= 4 is 5.91 Å². The summed E-state index contributed by atoms with van der Waals surface area (Å²) >= 11 is 0. The Labute approximate surface area is 118 Å². The maximum absolute atomic E-state index is 12.2. The Kier molecular flexibility index (Phi) is 4.00. The van der Waals surface area contributed by atoms with Crippen LogP contribution < -0.4 is 5.32 Å². The highest BCUT2D eigenvalue weighted by Gasteiger charge is 2.29. The quantitative estimate of drug-likeness (QED) is 0.754. The van der Waals surface area contributed by atoms with Gasteiger partial charge in [-0.15, -0.1) is 0 Å². The van der Waals surface area contributed by atoms with Crippen LogP contribution in [0.25, 0.3) is 0 Å². The summed E-state index contributed by atoms with van der Waals surface area (Å²) in [5.41, 5.74) is 1.92. The lowest BCUT2D eigenvalue weighted by atomic mass is 9.86. The SMILES string of the molecule is O=C(NCC1CCCCC1O)C1CCc2n[nH]nc2C1. The fraction of sp³-hybridized carbons (Fsp3) is 0.786. The van der Waals surface area contributed by atoms with Crippen LogP contribution in [0.15, 0.2) is 0 Å². The van der Waals surface area contributed by atoms with E-state index >= 15 is 0 Å². The van der Waals surface area contributed by atoms with Gasteiger partial charge in [-0.1, -0.05) is 12.8 Å².